The summed E-state index contributed by atoms with van der Waals surface area (Å²) >= 11 is 1.35. The van der Waals surface area contributed by atoms with Gasteiger partial charge in [0.15, 0.2) is 0 Å². The van der Waals surface area contributed by atoms with E-state index in [1.165, 1.54) is 27.0 Å². The fourth-order valence-electron chi connectivity index (χ4n) is 3.50. The van der Waals surface area contributed by atoms with Crippen LogP contribution < -0.4 is 4.90 Å². The van der Waals surface area contributed by atoms with E-state index in [1.807, 2.05) is 0 Å². The van der Waals surface area contributed by atoms with Gasteiger partial charge in [-0.1, -0.05) is 0 Å². The third-order valence-corrected chi connectivity index (χ3v) is 8.08. The first-order valence-corrected chi connectivity index (χ1v) is 11.9. The molecule has 0 radical (unpaired) electrons. The van der Waals surface area contributed by atoms with Gasteiger partial charge in [-0.2, -0.15) is 4.31 Å². The van der Waals surface area contributed by atoms with Crippen LogP contribution in [-0.4, -0.2) is 94.3 Å². The molecule has 29 heavy (non-hydrogen) atoms. The van der Waals surface area contributed by atoms with Crippen LogP contribution in [0, 0.1) is 0 Å². The number of thioether (sulfide) groups is 1. The number of carbonyl (C=O) groups is 2. The maximum absolute atomic E-state index is 13.0. The number of hydrogen-bond donors (Lipinski definition) is 0. The van der Waals surface area contributed by atoms with Crippen LogP contribution in [0.5, 0.6) is 0 Å². The third-order valence-electron chi connectivity index (χ3n) is 5.14. The molecule has 0 unspecified atom stereocenters. The molecule has 0 bridgehead atoms. The minimum Gasteiger partial charge on any atom is -0.379 e. The Balaban J connectivity index is 1.60. The molecular formula is C18H23N3O6S2. The number of anilines is 1. The smallest absolute Gasteiger partial charge is 0.243 e. The summed E-state index contributed by atoms with van der Waals surface area (Å²) in [6, 6.07) is 4.79. The minimum absolute atomic E-state index is 0.104. The molecule has 9 nitrogen and oxygen atoms in total. The predicted molar refractivity (Wildman–Crippen MR) is 106 cm³/mol. The number of fused-ring (bicyclic) bond motifs is 1. The Hall–Kier alpha value is -1.66. The first-order valence-electron chi connectivity index (χ1n) is 9.47. The van der Waals surface area contributed by atoms with Crippen molar-refractivity contribution in [2.75, 3.05) is 69.8 Å². The van der Waals surface area contributed by atoms with Crippen molar-refractivity contribution in [3.05, 3.63) is 18.2 Å². The van der Waals surface area contributed by atoms with Crippen molar-refractivity contribution >= 4 is 39.3 Å². The lowest BCUT2D eigenvalue weighted by Crippen LogP contribution is -2.48. The number of nitrogens with zero attached hydrogens (tertiary/aromatic N) is 3. The predicted octanol–water partition coefficient (Wildman–Crippen LogP) is 0.00500. The Morgan fingerprint density at radius 1 is 1.03 bits per heavy atom. The molecule has 0 aliphatic carbocycles. The van der Waals surface area contributed by atoms with Crippen LogP contribution in [0.3, 0.4) is 0 Å². The van der Waals surface area contributed by atoms with E-state index in [1.54, 1.807) is 17.0 Å². The lowest BCUT2D eigenvalue weighted by atomic mass is 10.2. The van der Waals surface area contributed by atoms with Crippen LogP contribution in [0.2, 0.25) is 0 Å². The van der Waals surface area contributed by atoms with Gasteiger partial charge >= 0.3 is 0 Å². The fraction of sp³-hybridized carbons (Fsp3) is 0.556. The Labute approximate surface area is 174 Å². The van der Waals surface area contributed by atoms with Gasteiger partial charge in [-0.3, -0.25) is 9.59 Å². The van der Waals surface area contributed by atoms with Crippen molar-refractivity contribution in [2.45, 2.75) is 9.79 Å². The first kappa shape index (κ1) is 20.6. The molecule has 3 aliphatic heterocycles. The van der Waals surface area contributed by atoms with Gasteiger partial charge < -0.3 is 19.3 Å². The molecule has 2 fully saturated rings. The molecule has 1 aromatic carbocycles. The number of rotatable bonds is 4. The molecule has 2 saturated heterocycles. The number of benzene rings is 1. The molecule has 3 heterocycles. The number of hydrogen-bond acceptors (Lipinski definition) is 7. The van der Waals surface area contributed by atoms with Gasteiger partial charge in [0.25, 0.3) is 0 Å². The average molecular weight is 442 g/mol. The van der Waals surface area contributed by atoms with Gasteiger partial charge in [0.1, 0.15) is 6.54 Å². The van der Waals surface area contributed by atoms with E-state index in [9.17, 15) is 18.0 Å². The van der Waals surface area contributed by atoms with E-state index in [-0.39, 0.29) is 29.0 Å². The highest BCUT2D eigenvalue weighted by molar-refractivity contribution is 8.00. The largest absolute Gasteiger partial charge is 0.379 e. The summed E-state index contributed by atoms with van der Waals surface area (Å²) in [4.78, 5) is 29.2. The number of ether oxygens (including phenoxy) is 2. The van der Waals surface area contributed by atoms with E-state index in [4.69, 9.17) is 9.47 Å². The van der Waals surface area contributed by atoms with Gasteiger partial charge in [0.2, 0.25) is 21.8 Å². The monoisotopic (exact) mass is 441 g/mol. The van der Waals surface area contributed by atoms with Gasteiger partial charge in [-0.15, -0.1) is 11.8 Å². The number of morpholine rings is 2. The fourth-order valence-corrected chi connectivity index (χ4v) is 5.84. The molecule has 158 valence electrons. The summed E-state index contributed by atoms with van der Waals surface area (Å²) in [5.74, 6) is -0.148. The van der Waals surface area contributed by atoms with Crippen LogP contribution in [0.1, 0.15) is 0 Å². The summed E-state index contributed by atoms with van der Waals surface area (Å²) < 4.78 is 37.9. The van der Waals surface area contributed by atoms with Crippen molar-refractivity contribution < 1.29 is 27.5 Å². The van der Waals surface area contributed by atoms with Crippen LogP contribution in [-0.2, 0) is 29.1 Å². The summed E-state index contributed by atoms with van der Waals surface area (Å²) in [6.45, 7) is 3.16. The number of sulfonamides is 1. The zero-order chi connectivity index (χ0) is 20.4. The van der Waals surface area contributed by atoms with Crippen LogP contribution in [0.25, 0.3) is 0 Å². The van der Waals surface area contributed by atoms with Crippen molar-refractivity contribution in [2.24, 2.45) is 0 Å². The highest BCUT2D eigenvalue weighted by atomic mass is 32.2. The lowest BCUT2D eigenvalue weighted by molar-refractivity contribution is -0.134. The van der Waals surface area contributed by atoms with E-state index in [0.717, 1.165) is 4.90 Å². The standard InChI is InChI=1S/C18H23N3O6S2/c22-17(19-3-7-26-8-4-19)12-21-15-11-14(1-2-16(15)28-13-18(21)23)29(24,25)20-5-9-27-10-6-20/h1-2,11H,3-10,12-13H2. The van der Waals surface area contributed by atoms with E-state index in [2.05, 4.69) is 0 Å². The summed E-state index contributed by atoms with van der Waals surface area (Å²) in [5.41, 5.74) is 0.474. The Morgan fingerprint density at radius 2 is 1.69 bits per heavy atom. The summed E-state index contributed by atoms with van der Waals surface area (Å²) in [6.07, 6.45) is 0. The Kier molecular flexibility index (Phi) is 6.11. The van der Waals surface area contributed by atoms with Crippen molar-refractivity contribution in [1.29, 1.82) is 0 Å². The minimum atomic E-state index is -3.69. The molecule has 1 aromatic rings. The van der Waals surface area contributed by atoms with Crippen molar-refractivity contribution in [3.8, 4) is 0 Å². The van der Waals surface area contributed by atoms with E-state index in [0.29, 0.717) is 58.3 Å². The molecule has 0 saturated carbocycles. The quantitative estimate of drug-likeness (QED) is 0.649. The van der Waals surface area contributed by atoms with Crippen molar-refractivity contribution in [1.82, 2.24) is 9.21 Å². The molecule has 0 atom stereocenters. The van der Waals surface area contributed by atoms with Gasteiger partial charge in [-0.05, 0) is 18.2 Å². The maximum atomic E-state index is 13.0. The highest BCUT2D eigenvalue weighted by Crippen LogP contribution is 2.37. The SMILES string of the molecule is O=C(CN1C(=O)CSc2ccc(S(=O)(=O)N3CCOCC3)cc21)N1CCOCC1. The molecule has 0 N–H and O–H groups in total. The normalized spacial score (nSPS) is 21.2. The van der Waals surface area contributed by atoms with Crippen LogP contribution >= 0.6 is 11.8 Å². The molecule has 4 rings (SSSR count). The summed E-state index contributed by atoms with van der Waals surface area (Å²) in [5, 5.41) is 0. The molecule has 11 heteroatoms. The van der Waals surface area contributed by atoms with Crippen molar-refractivity contribution in [3.63, 3.8) is 0 Å². The maximum Gasteiger partial charge on any atom is 0.243 e. The average Bonchev–Trinajstić information content (AvgIpc) is 2.76. The van der Waals surface area contributed by atoms with Gasteiger partial charge in [0, 0.05) is 31.1 Å². The zero-order valence-electron chi connectivity index (χ0n) is 15.9. The molecule has 0 aromatic heterocycles. The molecule has 3 aliphatic rings. The van der Waals surface area contributed by atoms with Crippen LogP contribution in [0.15, 0.2) is 28.0 Å². The second kappa shape index (κ2) is 8.60. The molecular weight excluding hydrogens is 418 g/mol. The van der Waals surface area contributed by atoms with Crippen LogP contribution in [0.4, 0.5) is 5.69 Å². The Bertz CT molecular complexity index is 895. The second-order valence-electron chi connectivity index (χ2n) is 6.91. The van der Waals surface area contributed by atoms with E-state index < -0.39 is 10.0 Å². The van der Waals surface area contributed by atoms with Gasteiger partial charge in [0.05, 0.1) is 42.8 Å². The Morgan fingerprint density at radius 3 is 2.38 bits per heavy atom. The number of carbonyl (C=O) groups excluding carboxylic acids is 2. The highest BCUT2D eigenvalue weighted by Gasteiger charge is 2.32. The summed E-state index contributed by atoms with van der Waals surface area (Å²) in [7, 11) is -3.69. The number of amides is 2. The second-order valence-corrected chi connectivity index (χ2v) is 9.86. The first-order chi connectivity index (χ1) is 14.0. The van der Waals surface area contributed by atoms with Gasteiger partial charge in [-0.25, -0.2) is 8.42 Å². The zero-order valence-corrected chi connectivity index (χ0v) is 17.5. The lowest BCUT2D eigenvalue weighted by Gasteiger charge is -2.33. The third kappa shape index (κ3) is 4.29. The topological polar surface area (TPSA) is 96.5 Å². The van der Waals surface area contributed by atoms with E-state index >= 15 is 0 Å². The molecule has 2 amide bonds. The molecule has 0 spiro atoms.